The van der Waals surface area contributed by atoms with Gasteiger partial charge in [-0.05, 0) is 31.0 Å². The molecular weight excluding hydrogens is 451 g/mol. The van der Waals surface area contributed by atoms with Crippen molar-refractivity contribution in [2.75, 3.05) is 50.2 Å². The van der Waals surface area contributed by atoms with Gasteiger partial charge in [0.2, 0.25) is 0 Å². The lowest BCUT2D eigenvalue weighted by molar-refractivity contribution is -0.0161. The third kappa shape index (κ3) is 5.97. The standard InChI is InChI=1S/C26H33FN4O4/c1-34-14-15-35-17-26(27)10-12-31(13-11-26)21-16-20(25(32)33)30-24(29-19-8-3-2-4-9-19)22(21)23(28)18-6-5-7-18/h2-4,8-9,16,18,28H,5-7,10-15,17H2,1H3,(H,29,30)(H,32,33). The third-order valence-corrected chi connectivity index (χ3v) is 6.83. The van der Waals surface area contributed by atoms with E-state index in [9.17, 15) is 9.90 Å². The number of carboxylic acid groups (broad SMARTS) is 1. The van der Waals surface area contributed by atoms with Crippen molar-refractivity contribution in [3.8, 4) is 0 Å². The van der Waals surface area contributed by atoms with Crippen molar-refractivity contribution in [2.24, 2.45) is 5.92 Å². The Morgan fingerprint density at radius 1 is 1.26 bits per heavy atom. The van der Waals surface area contributed by atoms with Crippen LogP contribution in [0.4, 0.5) is 21.6 Å². The molecule has 2 aliphatic rings. The maximum absolute atomic E-state index is 15.4. The average molecular weight is 485 g/mol. The van der Waals surface area contributed by atoms with E-state index in [1.165, 1.54) is 6.07 Å². The van der Waals surface area contributed by atoms with Crippen LogP contribution in [0, 0.1) is 11.3 Å². The summed E-state index contributed by atoms with van der Waals surface area (Å²) in [5, 5.41) is 22.0. The van der Waals surface area contributed by atoms with Gasteiger partial charge in [0.05, 0.1) is 31.1 Å². The lowest BCUT2D eigenvalue weighted by Crippen LogP contribution is -2.45. The predicted molar refractivity (Wildman–Crippen MR) is 133 cm³/mol. The molecule has 1 aliphatic heterocycles. The average Bonchev–Trinajstić information content (AvgIpc) is 2.81. The number of alkyl halides is 1. The molecule has 8 nitrogen and oxygen atoms in total. The van der Waals surface area contributed by atoms with E-state index in [0.29, 0.717) is 49.1 Å². The van der Waals surface area contributed by atoms with E-state index < -0.39 is 11.6 Å². The van der Waals surface area contributed by atoms with Crippen LogP contribution in [0.2, 0.25) is 0 Å². The Balaban J connectivity index is 1.64. The number of pyridine rings is 1. The Hall–Kier alpha value is -3.04. The zero-order chi connectivity index (χ0) is 24.8. The zero-order valence-corrected chi connectivity index (χ0v) is 20.1. The lowest BCUT2D eigenvalue weighted by Gasteiger charge is -2.39. The van der Waals surface area contributed by atoms with Crippen LogP contribution in [0.1, 0.15) is 48.2 Å². The molecule has 2 fully saturated rings. The fourth-order valence-corrected chi connectivity index (χ4v) is 4.50. The molecule has 0 amide bonds. The summed E-state index contributed by atoms with van der Waals surface area (Å²) in [6.07, 6.45) is 3.43. The number of hydrogen-bond acceptors (Lipinski definition) is 7. The van der Waals surface area contributed by atoms with Crippen molar-refractivity contribution in [2.45, 2.75) is 37.8 Å². The highest BCUT2D eigenvalue weighted by Crippen LogP contribution is 2.39. The minimum atomic E-state index is -1.44. The summed E-state index contributed by atoms with van der Waals surface area (Å²) < 4.78 is 25.8. The van der Waals surface area contributed by atoms with Gasteiger partial charge < -0.3 is 30.2 Å². The van der Waals surface area contributed by atoms with E-state index in [-0.39, 0.29) is 31.1 Å². The molecular formula is C26H33FN4O4. The molecule has 0 unspecified atom stereocenters. The summed E-state index contributed by atoms with van der Waals surface area (Å²) >= 11 is 0. The number of anilines is 3. The molecule has 9 heteroatoms. The van der Waals surface area contributed by atoms with E-state index in [2.05, 4.69) is 10.3 Å². The molecule has 1 aromatic heterocycles. The molecule has 1 saturated heterocycles. The third-order valence-electron chi connectivity index (χ3n) is 6.83. The molecule has 1 aliphatic carbocycles. The summed E-state index contributed by atoms with van der Waals surface area (Å²) in [6.45, 7) is 1.55. The number of benzene rings is 1. The fourth-order valence-electron chi connectivity index (χ4n) is 4.50. The second-order valence-corrected chi connectivity index (χ2v) is 9.27. The number of piperidine rings is 1. The highest BCUT2D eigenvalue weighted by atomic mass is 19.1. The Labute approximate surface area is 205 Å². The monoisotopic (exact) mass is 484 g/mol. The SMILES string of the molecule is COCCOCC1(F)CCN(c2cc(C(=O)O)nc(Nc3ccccc3)c2C(=N)C2CCC2)CC1. The van der Waals surface area contributed by atoms with Gasteiger partial charge in [0, 0.05) is 50.4 Å². The second-order valence-electron chi connectivity index (χ2n) is 9.27. The van der Waals surface area contributed by atoms with Crippen molar-refractivity contribution in [1.82, 2.24) is 4.98 Å². The van der Waals surface area contributed by atoms with Crippen molar-refractivity contribution in [1.29, 1.82) is 5.41 Å². The number of hydrogen-bond donors (Lipinski definition) is 3. The molecule has 0 radical (unpaired) electrons. The highest BCUT2D eigenvalue weighted by Gasteiger charge is 2.37. The van der Waals surface area contributed by atoms with Gasteiger partial charge in [-0.1, -0.05) is 24.6 Å². The van der Waals surface area contributed by atoms with Gasteiger partial charge >= 0.3 is 5.97 Å². The molecule has 3 N–H and O–H groups in total. The van der Waals surface area contributed by atoms with E-state index >= 15 is 4.39 Å². The number of halogens is 1. The maximum atomic E-state index is 15.4. The van der Waals surface area contributed by atoms with E-state index in [1.807, 2.05) is 35.2 Å². The molecule has 0 atom stereocenters. The molecule has 2 heterocycles. The summed E-state index contributed by atoms with van der Waals surface area (Å²) in [7, 11) is 1.58. The summed E-state index contributed by atoms with van der Waals surface area (Å²) in [5.41, 5.74) is 0.879. The summed E-state index contributed by atoms with van der Waals surface area (Å²) in [4.78, 5) is 18.3. The Kier molecular flexibility index (Phi) is 7.97. The number of methoxy groups -OCH3 is 1. The van der Waals surface area contributed by atoms with Crippen LogP contribution in [0.15, 0.2) is 36.4 Å². The largest absolute Gasteiger partial charge is 0.477 e. The number of carboxylic acids is 1. The molecule has 2 aromatic rings. The van der Waals surface area contributed by atoms with Gasteiger partial charge in [-0.25, -0.2) is 14.2 Å². The van der Waals surface area contributed by atoms with Gasteiger partial charge in [0.25, 0.3) is 0 Å². The Bertz CT molecular complexity index is 1040. The van der Waals surface area contributed by atoms with Crippen LogP contribution in [-0.4, -0.2) is 67.5 Å². The van der Waals surface area contributed by atoms with Crippen molar-refractivity contribution in [3.63, 3.8) is 0 Å². The smallest absolute Gasteiger partial charge is 0.354 e. The topological polar surface area (TPSA) is 108 Å². The lowest BCUT2D eigenvalue weighted by atomic mass is 9.78. The van der Waals surface area contributed by atoms with Crippen molar-refractivity contribution >= 4 is 28.9 Å². The number of aromatic nitrogens is 1. The van der Waals surface area contributed by atoms with Gasteiger partial charge in [0.1, 0.15) is 11.5 Å². The molecule has 35 heavy (non-hydrogen) atoms. The van der Waals surface area contributed by atoms with Crippen molar-refractivity contribution < 1.29 is 23.8 Å². The van der Waals surface area contributed by atoms with Crippen LogP contribution in [0.25, 0.3) is 0 Å². The number of ether oxygens (including phenoxy) is 2. The van der Waals surface area contributed by atoms with E-state index in [0.717, 1.165) is 24.9 Å². The number of nitrogens with one attached hydrogen (secondary N) is 2. The Morgan fingerprint density at radius 3 is 2.57 bits per heavy atom. The van der Waals surface area contributed by atoms with E-state index in [4.69, 9.17) is 14.9 Å². The number of para-hydroxylation sites is 1. The summed E-state index contributed by atoms with van der Waals surface area (Å²) in [6, 6.07) is 10.9. The minimum Gasteiger partial charge on any atom is -0.477 e. The minimum absolute atomic E-state index is 0.00643. The number of rotatable bonds is 11. The quantitative estimate of drug-likeness (QED) is 0.314. The molecule has 188 valence electrons. The van der Waals surface area contributed by atoms with Crippen LogP contribution < -0.4 is 10.2 Å². The van der Waals surface area contributed by atoms with Crippen LogP contribution >= 0.6 is 0 Å². The molecule has 1 aromatic carbocycles. The predicted octanol–water partition coefficient (Wildman–Crippen LogP) is 4.66. The van der Waals surface area contributed by atoms with Gasteiger partial charge in [0.15, 0.2) is 5.69 Å². The van der Waals surface area contributed by atoms with Crippen LogP contribution in [-0.2, 0) is 9.47 Å². The first-order valence-electron chi connectivity index (χ1n) is 12.1. The zero-order valence-electron chi connectivity index (χ0n) is 20.1. The van der Waals surface area contributed by atoms with Gasteiger partial charge in [-0.2, -0.15) is 0 Å². The van der Waals surface area contributed by atoms with Crippen LogP contribution in [0.5, 0.6) is 0 Å². The second kappa shape index (κ2) is 11.1. The van der Waals surface area contributed by atoms with Gasteiger partial charge in [-0.3, -0.25) is 0 Å². The number of carbonyl (C=O) groups is 1. The first-order chi connectivity index (χ1) is 16.9. The fraction of sp³-hybridized carbons (Fsp3) is 0.500. The molecule has 0 spiro atoms. The first-order valence-corrected chi connectivity index (χ1v) is 12.1. The van der Waals surface area contributed by atoms with Gasteiger partial charge in [-0.15, -0.1) is 0 Å². The normalized spacial score (nSPS) is 17.6. The maximum Gasteiger partial charge on any atom is 0.354 e. The molecule has 0 bridgehead atoms. The summed E-state index contributed by atoms with van der Waals surface area (Å²) in [5.74, 6) is -0.683. The number of aromatic carboxylic acids is 1. The van der Waals surface area contributed by atoms with E-state index in [1.54, 1.807) is 7.11 Å². The Morgan fingerprint density at radius 2 is 1.97 bits per heavy atom. The molecule has 1 saturated carbocycles. The van der Waals surface area contributed by atoms with Crippen molar-refractivity contribution in [3.05, 3.63) is 47.7 Å². The molecule has 4 rings (SSSR count). The first kappa shape index (κ1) is 25.1. The number of nitrogens with zero attached hydrogens (tertiary/aromatic N) is 2. The highest BCUT2D eigenvalue weighted by molar-refractivity contribution is 6.10. The van der Waals surface area contributed by atoms with Crippen LogP contribution in [0.3, 0.4) is 0 Å².